The molecule has 3 rings (SSSR count). The fourth-order valence-corrected chi connectivity index (χ4v) is 3.47. The fourth-order valence-electron chi connectivity index (χ4n) is 2.40. The number of thiazole rings is 1. The summed E-state index contributed by atoms with van der Waals surface area (Å²) in [6, 6.07) is 12.6. The topological polar surface area (TPSA) is 78.7 Å². The SMILES string of the molecule is Cc1nc(-c2ccncc2)sc1CCNC(=O)c1cccc(C#N)c1. The monoisotopic (exact) mass is 348 g/mol. The Hall–Kier alpha value is -3.04. The minimum Gasteiger partial charge on any atom is -0.352 e. The van der Waals surface area contributed by atoms with E-state index in [1.165, 1.54) is 0 Å². The Kier molecular flexibility index (Phi) is 5.17. The Morgan fingerprint density at radius 1 is 1.28 bits per heavy atom. The second-order valence-corrected chi connectivity index (χ2v) is 6.55. The number of pyridine rings is 1. The van der Waals surface area contributed by atoms with Crippen LogP contribution in [0.4, 0.5) is 0 Å². The molecule has 1 N–H and O–H groups in total. The van der Waals surface area contributed by atoms with Crippen molar-refractivity contribution in [3.63, 3.8) is 0 Å². The van der Waals surface area contributed by atoms with E-state index in [9.17, 15) is 4.79 Å². The molecule has 2 aromatic heterocycles. The molecule has 0 aliphatic carbocycles. The molecular weight excluding hydrogens is 332 g/mol. The summed E-state index contributed by atoms with van der Waals surface area (Å²) in [5.74, 6) is -0.173. The number of nitrogens with one attached hydrogen (secondary N) is 1. The van der Waals surface area contributed by atoms with Crippen molar-refractivity contribution in [3.8, 4) is 16.6 Å². The largest absolute Gasteiger partial charge is 0.352 e. The average Bonchev–Trinajstić information content (AvgIpc) is 3.03. The fraction of sp³-hybridized carbons (Fsp3) is 0.158. The van der Waals surface area contributed by atoms with E-state index >= 15 is 0 Å². The molecule has 0 aliphatic rings. The Balaban J connectivity index is 1.62. The van der Waals surface area contributed by atoms with Crippen LogP contribution in [0.2, 0.25) is 0 Å². The lowest BCUT2D eigenvalue weighted by molar-refractivity contribution is 0.0954. The number of nitrogens with zero attached hydrogens (tertiary/aromatic N) is 3. The van der Waals surface area contributed by atoms with Crippen LogP contribution in [0.15, 0.2) is 48.8 Å². The maximum Gasteiger partial charge on any atom is 0.251 e. The van der Waals surface area contributed by atoms with Crippen molar-refractivity contribution in [2.75, 3.05) is 6.54 Å². The van der Waals surface area contributed by atoms with Gasteiger partial charge < -0.3 is 5.32 Å². The Bertz CT molecular complexity index is 928. The number of benzene rings is 1. The van der Waals surface area contributed by atoms with Gasteiger partial charge in [-0.2, -0.15) is 5.26 Å². The highest BCUT2D eigenvalue weighted by atomic mass is 32.1. The average molecular weight is 348 g/mol. The van der Waals surface area contributed by atoms with Crippen LogP contribution in [0, 0.1) is 18.3 Å². The van der Waals surface area contributed by atoms with Crippen molar-refractivity contribution in [2.24, 2.45) is 0 Å². The second kappa shape index (κ2) is 7.69. The van der Waals surface area contributed by atoms with Crippen molar-refractivity contribution in [1.29, 1.82) is 5.26 Å². The number of carbonyl (C=O) groups excluding carboxylic acids is 1. The normalized spacial score (nSPS) is 10.2. The first-order chi connectivity index (χ1) is 12.2. The predicted octanol–water partition coefficient (Wildman–Crippen LogP) is 3.36. The second-order valence-electron chi connectivity index (χ2n) is 5.46. The van der Waals surface area contributed by atoms with E-state index in [2.05, 4.69) is 15.3 Å². The van der Waals surface area contributed by atoms with Gasteiger partial charge in [-0.3, -0.25) is 9.78 Å². The third kappa shape index (κ3) is 4.08. The van der Waals surface area contributed by atoms with Crippen LogP contribution in [-0.2, 0) is 6.42 Å². The van der Waals surface area contributed by atoms with Gasteiger partial charge in [-0.15, -0.1) is 11.3 Å². The molecule has 124 valence electrons. The third-order valence-corrected chi connectivity index (χ3v) is 4.98. The van der Waals surface area contributed by atoms with Gasteiger partial charge in [-0.05, 0) is 37.3 Å². The van der Waals surface area contributed by atoms with Crippen LogP contribution in [0.25, 0.3) is 10.6 Å². The van der Waals surface area contributed by atoms with Crippen LogP contribution in [-0.4, -0.2) is 22.4 Å². The summed E-state index contributed by atoms with van der Waals surface area (Å²) in [4.78, 5) is 21.9. The number of amides is 1. The van der Waals surface area contributed by atoms with Gasteiger partial charge in [-0.1, -0.05) is 6.07 Å². The van der Waals surface area contributed by atoms with Crippen molar-refractivity contribution in [3.05, 3.63) is 70.5 Å². The van der Waals surface area contributed by atoms with E-state index in [1.54, 1.807) is 48.0 Å². The third-order valence-electron chi connectivity index (χ3n) is 3.71. The maximum absolute atomic E-state index is 12.2. The van der Waals surface area contributed by atoms with Crippen LogP contribution >= 0.6 is 11.3 Å². The highest BCUT2D eigenvalue weighted by molar-refractivity contribution is 7.15. The summed E-state index contributed by atoms with van der Waals surface area (Å²) in [6.07, 6.45) is 4.22. The van der Waals surface area contributed by atoms with E-state index in [1.807, 2.05) is 25.1 Å². The summed E-state index contributed by atoms with van der Waals surface area (Å²) >= 11 is 1.63. The van der Waals surface area contributed by atoms with Crippen molar-refractivity contribution >= 4 is 17.2 Å². The van der Waals surface area contributed by atoms with Gasteiger partial charge in [0, 0.05) is 41.4 Å². The number of hydrogen-bond acceptors (Lipinski definition) is 5. The van der Waals surface area contributed by atoms with Gasteiger partial charge in [0.05, 0.1) is 17.3 Å². The highest BCUT2D eigenvalue weighted by Crippen LogP contribution is 2.27. The first-order valence-electron chi connectivity index (χ1n) is 7.82. The lowest BCUT2D eigenvalue weighted by Gasteiger charge is -2.05. The lowest BCUT2D eigenvalue weighted by atomic mass is 10.1. The summed E-state index contributed by atoms with van der Waals surface area (Å²) in [6.45, 7) is 2.50. The number of rotatable bonds is 5. The van der Waals surface area contributed by atoms with Gasteiger partial charge >= 0.3 is 0 Å². The number of aryl methyl sites for hydroxylation is 1. The first-order valence-corrected chi connectivity index (χ1v) is 8.64. The van der Waals surface area contributed by atoms with E-state index in [0.717, 1.165) is 27.6 Å². The van der Waals surface area contributed by atoms with Crippen LogP contribution < -0.4 is 5.32 Å². The molecule has 5 nitrogen and oxygen atoms in total. The quantitative estimate of drug-likeness (QED) is 0.767. The zero-order valence-corrected chi connectivity index (χ0v) is 14.5. The van der Waals surface area contributed by atoms with Gasteiger partial charge in [-0.25, -0.2) is 4.98 Å². The zero-order valence-electron chi connectivity index (χ0n) is 13.7. The van der Waals surface area contributed by atoms with E-state index in [0.29, 0.717) is 17.7 Å². The number of hydrogen-bond donors (Lipinski definition) is 1. The van der Waals surface area contributed by atoms with Crippen LogP contribution in [0.5, 0.6) is 0 Å². The van der Waals surface area contributed by atoms with Gasteiger partial charge in [0.1, 0.15) is 5.01 Å². The van der Waals surface area contributed by atoms with Crippen molar-refractivity contribution < 1.29 is 4.79 Å². The molecule has 0 bridgehead atoms. The van der Waals surface area contributed by atoms with Gasteiger partial charge in [0.25, 0.3) is 5.91 Å². The molecule has 1 amide bonds. The highest BCUT2D eigenvalue weighted by Gasteiger charge is 2.10. The molecule has 0 spiro atoms. The smallest absolute Gasteiger partial charge is 0.251 e. The lowest BCUT2D eigenvalue weighted by Crippen LogP contribution is -2.25. The molecule has 0 unspecified atom stereocenters. The molecule has 0 atom stereocenters. The molecule has 25 heavy (non-hydrogen) atoms. The molecule has 3 aromatic rings. The van der Waals surface area contributed by atoms with Gasteiger partial charge in [0.2, 0.25) is 0 Å². The Morgan fingerprint density at radius 2 is 2.08 bits per heavy atom. The molecule has 2 heterocycles. The summed E-state index contributed by atoms with van der Waals surface area (Å²) in [5.41, 5.74) is 3.01. The Morgan fingerprint density at radius 3 is 2.84 bits per heavy atom. The van der Waals surface area contributed by atoms with Crippen LogP contribution in [0.3, 0.4) is 0 Å². The van der Waals surface area contributed by atoms with E-state index < -0.39 is 0 Å². The molecule has 1 aromatic carbocycles. The molecule has 0 saturated heterocycles. The summed E-state index contributed by atoms with van der Waals surface area (Å²) < 4.78 is 0. The molecule has 6 heteroatoms. The summed E-state index contributed by atoms with van der Waals surface area (Å²) in [7, 11) is 0. The van der Waals surface area contributed by atoms with Crippen molar-refractivity contribution in [2.45, 2.75) is 13.3 Å². The Labute approximate surface area is 150 Å². The standard InChI is InChI=1S/C19H16N4OS/c1-13-17(25-19(23-13)15-5-8-21-9-6-15)7-10-22-18(24)16-4-2-3-14(11-16)12-20/h2-6,8-9,11H,7,10H2,1H3,(H,22,24). The van der Waals surface area contributed by atoms with Gasteiger partial charge in [0.15, 0.2) is 0 Å². The predicted molar refractivity (Wildman–Crippen MR) is 97.3 cm³/mol. The summed E-state index contributed by atoms with van der Waals surface area (Å²) in [5, 5.41) is 12.8. The molecule has 0 fully saturated rings. The molecule has 0 saturated carbocycles. The molecule has 0 radical (unpaired) electrons. The molecular formula is C19H16N4OS. The number of carbonyl (C=O) groups is 1. The number of nitriles is 1. The van der Waals surface area contributed by atoms with E-state index in [4.69, 9.17) is 5.26 Å². The molecule has 0 aliphatic heterocycles. The van der Waals surface area contributed by atoms with Crippen LogP contribution in [0.1, 0.15) is 26.5 Å². The minimum absolute atomic E-state index is 0.173. The maximum atomic E-state index is 12.2. The zero-order chi connectivity index (χ0) is 17.6. The first kappa shape index (κ1) is 16.8. The number of aromatic nitrogens is 2. The minimum atomic E-state index is -0.173. The van der Waals surface area contributed by atoms with Crippen molar-refractivity contribution in [1.82, 2.24) is 15.3 Å². The van der Waals surface area contributed by atoms with E-state index in [-0.39, 0.29) is 5.91 Å².